The number of ether oxygens (including phenoxy) is 1. The van der Waals surface area contributed by atoms with E-state index in [0.29, 0.717) is 35.7 Å². The van der Waals surface area contributed by atoms with Gasteiger partial charge >= 0.3 is 5.97 Å². The minimum atomic E-state index is -3.57. The molecule has 1 saturated heterocycles. The molecule has 0 spiro atoms. The van der Waals surface area contributed by atoms with Crippen LogP contribution in [0.4, 0.5) is 0 Å². The number of carbonyl (C=O) groups excluding carboxylic acids is 1. The number of rotatable bonds is 4. The van der Waals surface area contributed by atoms with Crippen LogP contribution < -0.4 is 4.74 Å². The summed E-state index contributed by atoms with van der Waals surface area (Å²) in [5.74, 6) is 0.480. The summed E-state index contributed by atoms with van der Waals surface area (Å²) in [4.78, 5) is 12.4. The number of sulfonamides is 1. The minimum Gasteiger partial charge on any atom is -0.423 e. The van der Waals surface area contributed by atoms with Crippen LogP contribution in [0.25, 0.3) is 0 Å². The van der Waals surface area contributed by atoms with Crippen LogP contribution in [-0.2, 0) is 10.0 Å². The molecule has 0 aliphatic carbocycles. The van der Waals surface area contributed by atoms with Crippen molar-refractivity contribution in [2.75, 3.05) is 13.1 Å². The lowest BCUT2D eigenvalue weighted by Crippen LogP contribution is -2.42. The third-order valence-electron chi connectivity index (χ3n) is 4.59. The maximum Gasteiger partial charge on any atom is 0.343 e. The molecule has 0 N–H and O–H groups in total. The van der Waals surface area contributed by atoms with Gasteiger partial charge in [-0.2, -0.15) is 4.31 Å². The first-order valence-electron chi connectivity index (χ1n) is 8.83. The van der Waals surface area contributed by atoms with Crippen LogP contribution in [0.1, 0.15) is 30.6 Å². The predicted octanol–water partition coefficient (Wildman–Crippen LogP) is 4.23. The highest BCUT2D eigenvalue weighted by atomic mass is 35.5. The lowest BCUT2D eigenvalue weighted by molar-refractivity contribution is 0.0734. The van der Waals surface area contributed by atoms with Crippen molar-refractivity contribution in [1.82, 2.24) is 4.31 Å². The average Bonchev–Trinajstić information content (AvgIpc) is 2.63. The van der Waals surface area contributed by atoms with E-state index in [2.05, 4.69) is 13.8 Å². The number of hydrogen-bond acceptors (Lipinski definition) is 4. The summed E-state index contributed by atoms with van der Waals surface area (Å²) >= 11 is 5.81. The van der Waals surface area contributed by atoms with Crippen LogP contribution in [0.5, 0.6) is 5.75 Å². The van der Waals surface area contributed by atoms with Gasteiger partial charge in [0.2, 0.25) is 10.0 Å². The van der Waals surface area contributed by atoms with E-state index in [0.717, 1.165) is 6.42 Å². The molecule has 0 amide bonds. The first-order chi connectivity index (χ1) is 12.8. The molecule has 5 nitrogen and oxygen atoms in total. The largest absolute Gasteiger partial charge is 0.423 e. The summed E-state index contributed by atoms with van der Waals surface area (Å²) in [6.45, 7) is 5.17. The third-order valence-corrected chi connectivity index (χ3v) is 6.69. The molecule has 0 bridgehead atoms. The summed E-state index contributed by atoms with van der Waals surface area (Å²) in [7, 11) is -3.57. The van der Waals surface area contributed by atoms with Gasteiger partial charge in [0.05, 0.1) is 10.5 Å². The molecule has 0 saturated carbocycles. The number of carbonyl (C=O) groups is 1. The standard InChI is InChI=1S/C20H22ClNO4S/c1-14-11-15(2)13-22(12-14)27(24,25)19-9-3-16(4-10-19)20(23)26-18-7-5-17(21)6-8-18/h3-10,14-15H,11-13H2,1-2H3/t14-,15+. The molecule has 27 heavy (non-hydrogen) atoms. The van der Waals surface area contributed by atoms with Crippen molar-refractivity contribution >= 4 is 27.6 Å². The zero-order chi connectivity index (χ0) is 19.6. The Bertz CT molecular complexity index is 900. The predicted molar refractivity (Wildman–Crippen MR) is 105 cm³/mol. The Morgan fingerprint density at radius 2 is 1.56 bits per heavy atom. The monoisotopic (exact) mass is 407 g/mol. The number of nitrogens with zero attached hydrogens (tertiary/aromatic N) is 1. The first kappa shape index (κ1) is 19.9. The van der Waals surface area contributed by atoms with Gasteiger partial charge in [-0.25, -0.2) is 13.2 Å². The van der Waals surface area contributed by atoms with Gasteiger partial charge in [0, 0.05) is 18.1 Å². The lowest BCUT2D eigenvalue weighted by Gasteiger charge is -2.34. The Labute approximate surface area is 165 Å². The molecule has 2 atom stereocenters. The van der Waals surface area contributed by atoms with Crippen molar-refractivity contribution in [2.24, 2.45) is 11.8 Å². The van der Waals surface area contributed by atoms with E-state index in [-0.39, 0.29) is 10.5 Å². The molecule has 3 rings (SSSR count). The second-order valence-corrected chi connectivity index (χ2v) is 9.51. The molecule has 1 aliphatic rings. The Balaban J connectivity index is 1.74. The molecule has 144 valence electrons. The second kappa shape index (κ2) is 8.00. The van der Waals surface area contributed by atoms with Gasteiger partial charge in [-0.05, 0) is 66.8 Å². The van der Waals surface area contributed by atoms with Gasteiger partial charge in [0.1, 0.15) is 5.75 Å². The van der Waals surface area contributed by atoms with E-state index in [1.807, 2.05) is 0 Å². The van der Waals surface area contributed by atoms with Gasteiger partial charge in [0.15, 0.2) is 0 Å². The zero-order valence-electron chi connectivity index (χ0n) is 15.3. The van der Waals surface area contributed by atoms with Crippen LogP contribution in [0.2, 0.25) is 5.02 Å². The van der Waals surface area contributed by atoms with Crippen LogP contribution in [0.15, 0.2) is 53.4 Å². The van der Waals surface area contributed by atoms with Crippen LogP contribution in [-0.4, -0.2) is 31.8 Å². The Morgan fingerprint density at radius 3 is 2.11 bits per heavy atom. The highest BCUT2D eigenvalue weighted by molar-refractivity contribution is 7.89. The molecule has 1 aliphatic heterocycles. The van der Waals surface area contributed by atoms with Gasteiger partial charge in [-0.15, -0.1) is 0 Å². The van der Waals surface area contributed by atoms with Crippen molar-refractivity contribution < 1.29 is 17.9 Å². The molecule has 1 fully saturated rings. The molecule has 0 aromatic heterocycles. The van der Waals surface area contributed by atoms with Crippen molar-refractivity contribution in [1.29, 1.82) is 0 Å². The van der Waals surface area contributed by atoms with E-state index >= 15 is 0 Å². The van der Waals surface area contributed by atoms with Crippen LogP contribution >= 0.6 is 11.6 Å². The van der Waals surface area contributed by atoms with E-state index in [1.54, 1.807) is 24.3 Å². The topological polar surface area (TPSA) is 63.7 Å². The Morgan fingerprint density at radius 1 is 1.00 bits per heavy atom. The van der Waals surface area contributed by atoms with Crippen molar-refractivity contribution in [3.8, 4) is 5.75 Å². The quantitative estimate of drug-likeness (QED) is 0.562. The fourth-order valence-corrected chi connectivity index (χ4v) is 5.19. The van der Waals surface area contributed by atoms with Gasteiger partial charge < -0.3 is 4.74 Å². The van der Waals surface area contributed by atoms with Gasteiger partial charge in [-0.3, -0.25) is 0 Å². The SMILES string of the molecule is C[C@@H]1C[C@H](C)CN(S(=O)(=O)c2ccc(C(=O)Oc3ccc(Cl)cc3)cc2)C1. The highest BCUT2D eigenvalue weighted by Gasteiger charge is 2.31. The Hall–Kier alpha value is -1.89. The summed E-state index contributed by atoms with van der Waals surface area (Å²) in [5, 5.41) is 0.547. The first-order valence-corrected chi connectivity index (χ1v) is 10.7. The second-order valence-electron chi connectivity index (χ2n) is 7.14. The molecular weight excluding hydrogens is 386 g/mol. The number of benzene rings is 2. The fraction of sp³-hybridized carbons (Fsp3) is 0.350. The van der Waals surface area contributed by atoms with E-state index in [4.69, 9.17) is 16.3 Å². The highest BCUT2D eigenvalue weighted by Crippen LogP contribution is 2.27. The number of hydrogen-bond donors (Lipinski definition) is 0. The zero-order valence-corrected chi connectivity index (χ0v) is 16.8. The normalized spacial score (nSPS) is 21.0. The van der Waals surface area contributed by atoms with Crippen LogP contribution in [0, 0.1) is 11.8 Å². The summed E-state index contributed by atoms with van der Waals surface area (Å²) in [5.41, 5.74) is 0.282. The number of piperidine rings is 1. The minimum absolute atomic E-state index is 0.187. The summed E-state index contributed by atoms with van der Waals surface area (Å²) in [6, 6.07) is 12.3. The Kier molecular flexibility index (Phi) is 5.89. The van der Waals surface area contributed by atoms with Crippen molar-refractivity contribution in [3.05, 3.63) is 59.1 Å². The van der Waals surface area contributed by atoms with Gasteiger partial charge in [-0.1, -0.05) is 25.4 Å². The van der Waals surface area contributed by atoms with Crippen LogP contribution in [0.3, 0.4) is 0 Å². The molecule has 1 heterocycles. The lowest BCUT2D eigenvalue weighted by atomic mass is 9.94. The summed E-state index contributed by atoms with van der Waals surface area (Å²) in [6.07, 6.45) is 1.03. The summed E-state index contributed by atoms with van der Waals surface area (Å²) < 4.78 is 32.6. The molecule has 0 unspecified atom stereocenters. The van der Waals surface area contributed by atoms with E-state index in [1.165, 1.54) is 28.6 Å². The maximum atomic E-state index is 12.9. The molecule has 7 heteroatoms. The third kappa shape index (κ3) is 4.69. The molecule has 0 radical (unpaired) electrons. The average molecular weight is 408 g/mol. The van der Waals surface area contributed by atoms with Crippen molar-refractivity contribution in [3.63, 3.8) is 0 Å². The molecular formula is C20H22ClNO4S. The van der Waals surface area contributed by atoms with Gasteiger partial charge in [0.25, 0.3) is 0 Å². The van der Waals surface area contributed by atoms with E-state index < -0.39 is 16.0 Å². The fourth-order valence-electron chi connectivity index (χ4n) is 3.38. The van der Waals surface area contributed by atoms with E-state index in [9.17, 15) is 13.2 Å². The number of esters is 1. The molecule has 2 aromatic rings. The maximum absolute atomic E-state index is 12.9. The van der Waals surface area contributed by atoms with Crippen molar-refractivity contribution in [2.45, 2.75) is 25.2 Å². The smallest absolute Gasteiger partial charge is 0.343 e. The molecule has 2 aromatic carbocycles. The number of halogens is 1.